The van der Waals surface area contributed by atoms with E-state index in [1.165, 1.54) is 16.2 Å². The van der Waals surface area contributed by atoms with Gasteiger partial charge in [-0.05, 0) is 42.5 Å². The number of imidazole rings is 1. The molecule has 1 amide bonds. The van der Waals surface area contributed by atoms with Crippen molar-refractivity contribution in [2.24, 2.45) is 0 Å². The highest BCUT2D eigenvalue weighted by Crippen LogP contribution is 2.45. The van der Waals surface area contributed by atoms with Gasteiger partial charge in [0.05, 0.1) is 31.7 Å². The number of thioether (sulfide) groups is 1. The number of hydrogen-bond acceptors (Lipinski definition) is 3. The number of halogens is 7. The topological polar surface area (TPSA) is 37.6 Å². The van der Waals surface area contributed by atoms with E-state index >= 15 is 0 Å². The fraction of sp³-hybridized carbons (Fsp3) is 0.167. The van der Waals surface area contributed by atoms with E-state index in [0.717, 1.165) is 12.3 Å². The molecule has 4 nitrogen and oxygen atoms in total. The zero-order valence-corrected chi connectivity index (χ0v) is 21.8. The van der Waals surface area contributed by atoms with E-state index in [2.05, 4.69) is 0 Å². The molecule has 4 aromatic rings. The van der Waals surface area contributed by atoms with Gasteiger partial charge in [0.15, 0.2) is 0 Å². The monoisotopic (exact) mass is 589 g/mol. The number of carbonyl (C=O) groups is 1. The summed E-state index contributed by atoms with van der Waals surface area (Å²) >= 11 is 26.6. The first kappa shape index (κ1) is 25.5. The minimum atomic E-state index is -4.65. The zero-order chi connectivity index (χ0) is 25.8. The highest BCUT2D eigenvalue weighted by Gasteiger charge is 2.38. The van der Waals surface area contributed by atoms with Crippen molar-refractivity contribution in [3.05, 3.63) is 91.6 Å². The van der Waals surface area contributed by atoms with Crippen LogP contribution in [-0.2, 0) is 6.18 Å². The van der Waals surface area contributed by atoms with E-state index in [4.69, 9.17) is 51.4 Å². The maximum absolute atomic E-state index is 13.7. The maximum Gasteiger partial charge on any atom is 0.417 e. The Bertz CT molecular complexity index is 1470. The molecule has 1 unspecified atom stereocenters. The number of fused-ring (bicyclic) bond motifs is 1. The lowest BCUT2D eigenvalue weighted by molar-refractivity contribution is -0.137. The number of aromatic nitrogens is 2. The Labute approximate surface area is 227 Å². The summed E-state index contributed by atoms with van der Waals surface area (Å²) in [5.74, 6) is 0.432. The van der Waals surface area contributed by atoms with Crippen molar-refractivity contribution < 1.29 is 18.0 Å². The number of carbonyl (C=O) groups excluding carboxylic acids is 1. The second-order valence-corrected chi connectivity index (χ2v) is 10.8. The van der Waals surface area contributed by atoms with Crippen molar-refractivity contribution in [1.82, 2.24) is 14.3 Å². The lowest BCUT2D eigenvalue weighted by Gasteiger charge is -2.23. The van der Waals surface area contributed by atoms with Gasteiger partial charge in [-0.2, -0.15) is 13.2 Å². The first-order valence-corrected chi connectivity index (χ1v) is 13.0. The number of benzene rings is 2. The summed E-state index contributed by atoms with van der Waals surface area (Å²) in [6, 6.07) is 12.1. The van der Waals surface area contributed by atoms with Crippen molar-refractivity contribution in [3.63, 3.8) is 0 Å². The molecule has 0 spiro atoms. The van der Waals surface area contributed by atoms with Crippen molar-refractivity contribution in [1.29, 1.82) is 0 Å². The van der Waals surface area contributed by atoms with Crippen molar-refractivity contribution in [3.8, 4) is 11.4 Å². The summed E-state index contributed by atoms with van der Waals surface area (Å²) in [6.07, 6.45) is -3.74. The van der Waals surface area contributed by atoms with Gasteiger partial charge in [0, 0.05) is 29.1 Å². The second-order valence-electron chi connectivity index (χ2n) is 7.94. The molecule has 0 bridgehead atoms. The van der Waals surface area contributed by atoms with Crippen LogP contribution < -0.4 is 0 Å². The van der Waals surface area contributed by atoms with E-state index in [9.17, 15) is 18.0 Å². The van der Waals surface area contributed by atoms with E-state index < -0.39 is 17.1 Å². The molecule has 0 aliphatic carbocycles. The molecular weight excluding hydrogens is 577 g/mol. The number of rotatable bonds is 3. The third kappa shape index (κ3) is 4.54. The molecule has 12 heteroatoms. The zero-order valence-electron chi connectivity index (χ0n) is 18.0. The fourth-order valence-corrected chi connectivity index (χ4v) is 6.30. The van der Waals surface area contributed by atoms with Crippen LogP contribution in [-0.4, -0.2) is 32.5 Å². The molecule has 3 heterocycles. The van der Waals surface area contributed by atoms with Crippen LogP contribution in [0.2, 0.25) is 20.1 Å². The van der Waals surface area contributed by atoms with Crippen LogP contribution in [0.25, 0.3) is 16.9 Å². The molecule has 1 aliphatic heterocycles. The van der Waals surface area contributed by atoms with Crippen LogP contribution in [0.4, 0.5) is 13.2 Å². The van der Waals surface area contributed by atoms with Crippen LogP contribution in [0.5, 0.6) is 0 Å². The van der Waals surface area contributed by atoms with Crippen molar-refractivity contribution >= 4 is 69.6 Å². The SMILES string of the molecule is O=C(c1ccc(Cl)cc1)N1CCSC1c1nc(-c2c(Cl)cccc2Cl)n2cc(C(F)(F)F)cc(Cl)c12. The van der Waals surface area contributed by atoms with Gasteiger partial charge in [0.25, 0.3) is 5.91 Å². The quantitative estimate of drug-likeness (QED) is 0.240. The number of hydrogen-bond donors (Lipinski definition) is 0. The number of alkyl halides is 3. The van der Waals surface area contributed by atoms with Gasteiger partial charge in [-0.1, -0.05) is 52.5 Å². The van der Waals surface area contributed by atoms with Crippen LogP contribution in [0, 0.1) is 0 Å². The molecule has 0 saturated carbocycles. The number of amides is 1. The van der Waals surface area contributed by atoms with Gasteiger partial charge < -0.3 is 4.90 Å². The van der Waals surface area contributed by atoms with Crippen LogP contribution >= 0.6 is 58.2 Å². The minimum absolute atomic E-state index is 0.0926. The van der Waals surface area contributed by atoms with E-state index in [-0.39, 0.29) is 37.9 Å². The largest absolute Gasteiger partial charge is 0.417 e. The summed E-state index contributed by atoms with van der Waals surface area (Å²) in [5.41, 5.74) is 0.307. The molecule has 1 fully saturated rings. The summed E-state index contributed by atoms with van der Waals surface area (Å²) < 4.78 is 42.3. The first-order valence-electron chi connectivity index (χ1n) is 10.5. The molecule has 186 valence electrons. The Morgan fingerprint density at radius 2 is 1.67 bits per heavy atom. The standard InChI is InChI=1S/C24H14Cl4F3N3OS/c25-14-6-4-12(5-7-14)22(35)33-8-9-36-23(33)19-20-17(28)10-13(24(29,30)31)11-34(20)21(32-19)18-15(26)2-1-3-16(18)27/h1-7,10-11,23H,8-9H2. The minimum Gasteiger partial charge on any atom is -0.320 e. The van der Waals surface area contributed by atoms with E-state index in [1.807, 2.05) is 0 Å². The van der Waals surface area contributed by atoms with Crippen molar-refractivity contribution in [2.75, 3.05) is 12.3 Å². The lowest BCUT2D eigenvalue weighted by Crippen LogP contribution is -2.30. The molecule has 5 rings (SSSR count). The normalized spacial score (nSPS) is 16.2. The molecule has 1 atom stereocenters. The average Bonchev–Trinajstić information content (AvgIpc) is 3.44. The summed E-state index contributed by atoms with van der Waals surface area (Å²) in [4.78, 5) is 19.7. The van der Waals surface area contributed by atoms with Crippen LogP contribution in [0.3, 0.4) is 0 Å². The highest BCUT2D eigenvalue weighted by molar-refractivity contribution is 7.99. The molecule has 1 aliphatic rings. The summed E-state index contributed by atoms with van der Waals surface area (Å²) in [6.45, 7) is 0.413. The molecule has 2 aromatic heterocycles. The second kappa shape index (κ2) is 9.65. The number of pyridine rings is 1. The number of nitrogens with zero attached hydrogens (tertiary/aromatic N) is 3. The average molecular weight is 591 g/mol. The van der Waals surface area contributed by atoms with Gasteiger partial charge in [0.2, 0.25) is 0 Å². The summed E-state index contributed by atoms with van der Waals surface area (Å²) in [5, 5.41) is 0.151. The Kier molecular flexibility index (Phi) is 6.85. The smallest absolute Gasteiger partial charge is 0.320 e. The van der Waals surface area contributed by atoms with Gasteiger partial charge in [-0.3, -0.25) is 9.20 Å². The third-order valence-corrected chi connectivity index (χ3v) is 8.09. The first-order chi connectivity index (χ1) is 17.1. The van der Waals surface area contributed by atoms with Gasteiger partial charge in [-0.15, -0.1) is 11.8 Å². The van der Waals surface area contributed by atoms with Gasteiger partial charge in [-0.25, -0.2) is 4.98 Å². The van der Waals surface area contributed by atoms with E-state index in [0.29, 0.717) is 28.6 Å². The molecule has 0 N–H and O–H groups in total. The van der Waals surface area contributed by atoms with Crippen LogP contribution in [0.1, 0.15) is 27.0 Å². The fourth-order valence-electron chi connectivity index (χ4n) is 4.07. The molecular formula is C24H14Cl4F3N3OS. The predicted molar refractivity (Wildman–Crippen MR) is 138 cm³/mol. The van der Waals surface area contributed by atoms with E-state index in [1.54, 1.807) is 47.4 Å². The Balaban J connectivity index is 1.72. The lowest BCUT2D eigenvalue weighted by atomic mass is 10.2. The predicted octanol–water partition coefficient (Wildman–Crippen LogP) is 8.52. The Morgan fingerprint density at radius 1 is 1.00 bits per heavy atom. The molecule has 0 radical (unpaired) electrons. The van der Waals surface area contributed by atoms with Crippen LogP contribution in [0.15, 0.2) is 54.7 Å². The maximum atomic E-state index is 13.7. The molecule has 36 heavy (non-hydrogen) atoms. The highest BCUT2D eigenvalue weighted by atomic mass is 35.5. The van der Waals surface area contributed by atoms with Crippen molar-refractivity contribution in [2.45, 2.75) is 11.6 Å². The Hall–Kier alpha value is -2.10. The Morgan fingerprint density at radius 3 is 2.31 bits per heavy atom. The third-order valence-electron chi connectivity index (χ3n) is 5.71. The van der Waals surface area contributed by atoms with Gasteiger partial charge >= 0.3 is 6.18 Å². The molecule has 1 saturated heterocycles. The van der Waals surface area contributed by atoms with Gasteiger partial charge in [0.1, 0.15) is 16.9 Å². The summed E-state index contributed by atoms with van der Waals surface area (Å²) in [7, 11) is 0. The molecule has 2 aromatic carbocycles.